The highest BCUT2D eigenvalue weighted by Gasteiger charge is 2.29. The summed E-state index contributed by atoms with van der Waals surface area (Å²) in [6.45, 7) is 7.49. The van der Waals surface area contributed by atoms with Crippen LogP contribution in [0.2, 0.25) is 0 Å². The molecule has 1 aromatic rings. The SMILES string of the molecule is Cc1cc(C)nc(NC(=O)C2CNCC2C)n1. The molecule has 2 atom stereocenters. The molecule has 0 spiro atoms. The van der Waals surface area contributed by atoms with Gasteiger partial charge in [0.15, 0.2) is 0 Å². The monoisotopic (exact) mass is 234 g/mol. The van der Waals surface area contributed by atoms with Crippen LogP contribution in [-0.2, 0) is 4.79 Å². The van der Waals surface area contributed by atoms with Crippen molar-refractivity contribution < 1.29 is 4.79 Å². The number of carbonyl (C=O) groups is 1. The predicted molar refractivity (Wildman–Crippen MR) is 65.7 cm³/mol. The Kier molecular flexibility index (Phi) is 3.38. The lowest BCUT2D eigenvalue weighted by Crippen LogP contribution is -2.28. The smallest absolute Gasteiger partial charge is 0.231 e. The van der Waals surface area contributed by atoms with Crippen molar-refractivity contribution in [2.24, 2.45) is 11.8 Å². The lowest BCUT2D eigenvalue weighted by atomic mass is 9.97. The van der Waals surface area contributed by atoms with Gasteiger partial charge in [-0.2, -0.15) is 0 Å². The summed E-state index contributed by atoms with van der Waals surface area (Å²) in [6, 6.07) is 1.88. The number of nitrogens with zero attached hydrogens (tertiary/aromatic N) is 2. The number of anilines is 1. The average molecular weight is 234 g/mol. The Balaban J connectivity index is 2.07. The van der Waals surface area contributed by atoms with Crippen molar-refractivity contribution in [3.8, 4) is 0 Å². The van der Waals surface area contributed by atoms with E-state index in [1.807, 2.05) is 19.9 Å². The molecule has 1 amide bonds. The molecular formula is C12H18N4O. The summed E-state index contributed by atoms with van der Waals surface area (Å²) < 4.78 is 0. The number of nitrogens with one attached hydrogen (secondary N) is 2. The first-order valence-corrected chi connectivity index (χ1v) is 5.90. The normalized spacial score (nSPS) is 23.7. The Labute approximate surface area is 101 Å². The summed E-state index contributed by atoms with van der Waals surface area (Å²) in [6.07, 6.45) is 0. The lowest BCUT2D eigenvalue weighted by molar-refractivity contribution is -0.120. The van der Waals surface area contributed by atoms with Gasteiger partial charge in [0.05, 0.1) is 5.92 Å². The van der Waals surface area contributed by atoms with Crippen LogP contribution in [0.15, 0.2) is 6.07 Å². The molecule has 2 heterocycles. The molecule has 0 aromatic carbocycles. The van der Waals surface area contributed by atoms with Crippen LogP contribution >= 0.6 is 0 Å². The average Bonchev–Trinajstić information content (AvgIpc) is 2.62. The second kappa shape index (κ2) is 4.79. The Morgan fingerprint density at radius 2 is 2.00 bits per heavy atom. The summed E-state index contributed by atoms with van der Waals surface area (Å²) in [5, 5.41) is 6.00. The molecule has 2 unspecified atom stereocenters. The number of rotatable bonds is 2. The Morgan fingerprint density at radius 1 is 1.35 bits per heavy atom. The molecule has 1 fully saturated rings. The third-order valence-corrected chi connectivity index (χ3v) is 3.07. The van der Waals surface area contributed by atoms with Crippen molar-refractivity contribution in [2.75, 3.05) is 18.4 Å². The Morgan fingerprint density at radius 3 is 2.53 bits per heavy atom. The van der Waals surface area contributed by atoms with Gasteiger partial charge in [-0.25, -0.2) is 9.97 Å². The van der Waals surface area contributed by atoms with Crippen molar-refractivity contribution in [1.82, 2.24) is 15.3 Å². The highest BCUT2D eigenvalue weighted by Crippen LogP contribution is 2.17. The van der Waals surface area contributed by atoms with Crippen LogP contribution in [0.25, 0.3) is 0 Å². The summed E-state index contributed by atoms with van der Waals surface area (Å²) in [7, 11) is 0. The van der Waals surface area contributed by atoms with Gasteiger partial charge in [0.25, 0.3) is 0 Å². The van der Waals surface area contributed by atoms with Crippen molar-refractivity contribution >= 4 is 11.9 Å². The van der Waals surface area contributed by atoms with Gasteiger partial charge in [-0.15, -0.1) is 0 Å². The number of aromatic nitrogens is 2. The molecule has 1 aromatic heterocycles. The van der Waals surface area contributed by atoms with Crippen molar-refractivity contribution in [2.45, 2.75) is 20.8 Å². The molecule has 1 aliphatic rings. The maximum atomic E-state index is 12.0. The van der Waals surface area contributed by atoms with E-state index in [2.05, 4.69) is 27.5 Å². The molecular weight excluding hydrogens is 216 g/mol. The number of carbonyl (C=O) groups excluding carboxylic acids is 1. The van der Waals surface area contributed by atoms with E-state index < -0.39 is 0 Å². The van der Waals surface area contributed by atoms with Crippen LogP contribution in [-0.4, -0.2) is 29.0 Å². The molecule has 2 N–H and O–H groups in total. The van der Waals surface area contributed by atoms with Gasteiger partial charge < -0.3 is 5.32 Å². The highest BCUT2D eigenvalue weighted by molar-refractivity contribution is 5.91. The number of aryl methyl sites for hydroxylation is 2. The van der Waals surface area contributed by atoms with E-state index in [0.29, 0.717) is 11.9 Å². The topological polar surface area (TPSA) is 66.9 Å². The van der Waals surface area contributed by atoms with Crippen molar-refractivity contribution in [1.29, 1.82) is 0 Å². The third kappa shape index (κ3) is 2.79. The maximum Gasteiger partial charge on any atom is 0.231 e. The van der Waals surface area contributed by atoms with Gasteiger partial charge in [0.1, 0.15) is 0 Å². The van der Waals surface area contributed by atoms with E-state index in [1.54, 1.807) is 0 Å². The highest BCUT2D eigenvalue weighted by atomic mass is 16.2. The maximum absolute atomic E-state index is 12.0. The molecule has 0 bridgehead atoms. The van der Waals surface area contributed by atoms with Crippen LogP contribution in [0.5, 0.6) is 0 Å². The van der Waals surface area contributed by atoms with Crippen molar-refractivity contribution in [3.63, 3.8) is 0 Å². The van der Waals surface area contributed by atoms with E-state index >= 15 is 0 Å². The van der Waals surface area contributed by atoms with Crippen LogP contribution in [0.4, 0.5) is 5.95 Å². The van der Waals surface area contributed by atoms with Gasteiger partial charge in [0, 0.05) is 17.9 Å². The second-order valence-electron chi connectivity index (χ2n) is 4.71. The first-order chi connectivity index (χ1) is 8.06. The Hall–Kier alpha value is -1.49. The molecule has 5 nitrogen and oxygen atoms in total. The van der Waals surface area contributed by atoms with Gasteiger partial charge in [-0.1, -0.05) is 6.92 Å². The number of hydrogen-bond acceptors (Lipinski definition) is 4. The minimum Gasteiger partial charge on any atom is -0.316 e. The van der Waals surface area contributed by atoms with E-state index in [9.17, 15) is 4.79 Å². The minimum atomic E-state index is 0.00694. The molecule has 5 heteroatoms. The number of hydrogen-bond donors (Lipinski definition) is 2. The fraction of sp³-hybridized carbons (Fsp3) is 0.583. The van der Waals surface area contributed by atoms with E-state index in [-0.39, 0.29) is 11.8 Å². The largest absolute Gasteiger partial charge is 0.316 e. The first-order valence-electron chi connectivity index (χ1n) is 5.90. The van der Waals surface area contributed by atoms with Crippen molar-refractivity contribution in [3.05, 3.63) is 17.5 Å². The van der Waals surface area contributed by atoms with Crippen LogP contribution in [0.1, 0.15) is 18.3 Å². The quantitative estimate of drug-likeness (QED) is 0.797. The minimum absolute atomic E-state index is 0.00694. The summed E-state index contributed by atoms with van der Waals surface area (Å²) in [4.78, 5) is 20.4. The predicted octanol–water partition coefficient (Wildman–Crippen LogP) is 0.887. The van der Waals surface area contributed by atoms with E-state index in [4.69, 9.17) is 0 Å². The van der Waals surface area contributed by atoms with Gasteiger partial charge in [-0.3, -0.25) is 10.1 Å². The summed E-state index contributed by atoms with van der Waals surface area (Å²) in [5.74, 6) is 0.791. The summed E-state index contributed by atoms with van der Waals surface area (Å²) in [5.41, 5.74) is 1.73. The van der Waals surface area contributed by atoms with Crippen LogP contribution in [0.3, 0.4) is 0 Å². The van der Waals surface area contributed by atoms with Gasteiger partial charge in [0.2, 0.25) is 11.9 Å². The first kappa shape index (κ1) is 12.0. The molecule has 0 aliphatic carbocycles. The van der Waals surface area contributed by atoms with E-state index in [0.717, 1.165) is 24.5 Å². The van der Waals surface area contributed by atoms with Gasteiger partial charge in [-0.05, 0) is 32.4 Å². The molecule has 2 rings (SSSR count). The third-order valence-electron chi connectivity index (χ3n) is 3.07. The molecule has 0 saturated carbocycles. The lowest BCUT2D eigenvalue weighted by Gasteiger charge is -2.13. The molecule has 1 saturated heterocycles. The molecule has 0 radical (unpaired) electrons. The van der Waals surface area contributed by atoms with Crippen LogP contribution in [0, 0.1) is 25.7 Å². The van der Waals surface area contributed by atoms with Gasteiger partial charge >= 0.3 is 0 Å². The van der Waals surface area contributed by atoms with E-state index in [1.165, 1.54) is 0 Å². The molecule has 1 aliphatic heterocycles. The molecule has 17 heavy (non-hydrogen) atoms. The molecule has 92 valence electrons. The zero-order chi connectivity index (χ0) is 12.4. The zero-order valence-electron chi connectivity index (χ0n) is 10.4. The second-order valence-corrected chi connectivity index (χ2v) is 4.71. The number of amides is 1. The van der Waals surface area contributed by atoms with Crippen LogP contribution < -0.4 is 10.6 Å². The summed E-state index contributed by atoms with van der Waals surface area (Å²) >= 11 is 0. The zero-order valence-corrected chi connectivity index (χ0v) is 10.4. The Bertz CT molecular complexity index is 412. The standard InChI is InChI=1S/C12H18N4O/c1-7-5-13-6-10(7)11(17)16-12-14-8(2)4-9(3)15-12/h4,7,10,13H,5-6H2,1-3H3,(H,14,15,16,17). The fourth-order valence-electron chi connectivity index (χ4n) is 2.15. The fourth-order valence-corrected chi connectivity index (χ4v) is 2.15.